The Morgan fingerprint density at radius 3 is 2.71 bits per heavy atom. The van der Waals surface area contributed by atoms with Gasteiger partial charge in [-0.25, -0.2) is 4.98 Å². The number of benzene rings is 1. The van der Waals surface area contributed by atoms with Crippen molar-refractivity contribution < 1.29 is 9.59 Å². The van der Waals surface area contributed by atoms with E-state index in [9.17, 15) is 9.59 Å². The normalized spacial score (nSPS) is 16.0. The molecule has 5 nitrogen and oxygen atoms in total. The predicted octanol–water partition coefficient (Wildman–Crippen LogP) is 3.66. The first-order valence-electron chi connectivity index (χ1n) is 7.75. The van der Waals surface area contributed by atoms with Crippen LogP contribution in [0, 0.1) is 13.8 Å². The van der Waals surface area contributed by atoms with Gasteiger partial charge >= 0.3 is 0 Å². The number of hydrogen-bond donors (Lipinski definition) is 1. The Bertz CT molecular complexity index is 806. The monoisotopic (exact) mass is 341 g/mol. The molecule has 1 aromatic heterocycles. The third kappa shape index (κ3) is 3.23. The zero-order valence-electron chi connectivity index (χ0n) is 13.9. The standard InChI is InChI=1S/C18H19N3O2S/c1-11-12(2)24-18(19-11)20-17(23)10-16-15-7-5-4-6-14(15)8-9-21(16)13(3)22/h4-9,16H,10H2,1-3H3,(H,19,20,23)/t16-/m0/s1. The van der Waals surface area contributed by atoms with Crippen molar-refractivity contribution in [3.63, 3.8) is 0 Å². The fourth-order valence-corrected chi connectivity index (χ4v) is 3.62. The topological polar surface area (TPSA) is 62.3 Å². The summed E-state index contributed by atoms with van der Waals surface area (Å²) in [5.41, 5.74) is 2.94. The van der Waals surface area contributed by atoms with Crippen LogP contribution in [-0.2, 0) is 9.59 Å². The molecule has 1 aliphatic rings. The molecule has 2 heterocycles. The molecule has 2 aromatic rings. The summed E-state index contributed by atoms with van der Waals surface area (Å²) in [5, 5.41) is 3.45. The summed E-state index contributed by atoms with van der Waals surface area (Å²) in [7, 11) is 0. The molecule has 0 saturated heterocycles. The number of aromatic nitrogens is 1. The maximum atomic E-state index is 12.5. The molecule has 1 atom stereocenters. The van der Waals surface area contributed by atoms with Gasteiger partial charge in [-0.3, -0.25) is 9.59 Å². The highest BCUT2D eigenvalue weighted by Crippen LogP contribution is 2.33. The van der Waals surface area contributed by atoms with Crippen molar-refractivity contribution in [1.82, 2.24) is 9.88 Å². The van der Waals surface area contributed by atoms with Gasteiger partial charge in [-0.15, -0.1) is 11.3 Å². The Kier molecular flexibility index (Phi) is 4.49. The number of aryl methyl sites for hydroxylation is 2. The van der Waals surface area contributed by atoms with E-state index in [2.05, 4.69) is 10.3 Å². The second kappa shape index (κ2) is 6.57. The summed E-state index contributed by atoms with van der Waals surface area (Å²) in [6.07, 6.45) is 3.84. The van der Waals surface area contributed by atoms with Crippen LogP contribution in [0.3, 0.4) is 0 Å². The molecule has 124 valence electrons. The van der Waals surface area contributed by atoms with Crippen LogP contribution < -0.4 is 5.32 Å². The lowest BCUT2D eigenvalue weighted by Gasteiger charge is -2.32. The largest absolute Gasteiger partial charge is 0.311 e. The van der Waals surface area contributed by atoms with Crippen LogP contribution in [0.4, 0.5) is 5.13 Å². The summed E-state index contributed by atoms with van der Waals surface area (Å²) in [5.74, 6) is -0.232. The SMILES string of the molecule is CC(=O)N1C=Cc2ccccc2[C@@H]1CC(=O)Nc1nc(C)c(C)s1. The molecule has 0 radical (unpaired) electrons. The highest BCUT2D eigenvalue weighted by Gasteiger charge is 2.28. The van der Waals surface area contributed by atoms with Crippen molar-refractivity contribution in [3.8, 4) is 0 Å². The maximum absolute atomic E-state index is 12.5. The molecule has 0 saturated carbocycles. The number of hydrogen-bond acceptors (Lipinski definition) is 4. The number of carbonyl (C=O) groups excluding carboxylic acids is 2. The van der Waals surface area contributed by atoms with E-state index in [-0.39, 0.29) is 24.3 Å². The summed E-state index contributed by atoms with van der Waals surface area (Å²) in [4.78, 5) is 31.4. The number of anilines is 1. The molecular formula is C18H19N3O2S. The van der Waals surface area contributed by atoms with Gasteiger partial charge in [-0.2, -0.15) is 0 Å². The summed E-state index contributed by atoms with van der Waals surface area (Å²) >= 11 is 1.46. The molecule has 0 fully saturated rings. The first-order valence-corrected chi connectivity index (χ1v) is 8.57. The molecule has 6 heteroatoms. The van der Waals surface area contributed by atoms with Crippen LogP contribution in [0.25, 0.3) is 6.08 Å². The minimum absolute atomic E-state index is 0.0838. The van der Waals surface area contributed by atoms with Gasteiger partial charge in [0.15, 0.2) is 5.13 Å². The second-order valence-corrected chi connectivity index (χ2v) is 7.00. The first-order chi connectivity index (χ1) is 11.5. The summed E-state index contributed by atoms with van der Waals surface area (Å²) < 4.78 is 0. The van der Waals surface area contributed by atoms with Crippen molar-refractivity contribution in [2.75, 3.05) is 5.32 Å². The van der Waals surface area contributed by atoms with Crippen molar-refractivity contribution in [2.24, 2.45) is 0 Å². The molecule has 1 aliphatic heterocycles. The first kappa shape index (κ1) is 16.4. The number of amides is 2. The molecule has 0 aliphatic carbocycles. The number of fused-ring (bicyclic) bond motifs is 1. The molecule has 1 aromatic carbocycles. The van der Waals surface area contributed by atoms with Crippen molar-refractivity contribution >= 4 is 34.4 Å². The Labute approximate surface area is 145 Å². The number of rotatable bonds is 3. The minimum Gasteiger partial charge on any atom is -0.311 e. The Morgan fingerprint density at radius 2 is 2.04 bits per heavy atom. The highest BCUT2D eigenvalue weighted by molar-refractivity contribution is 7.15. The van der Waals surface area contributed by atoms with Gasteiger partial charge in [0.1, 0.15) is 0 Å². The minimum atomic E-state index is -0.300. The van der Waals surface area contributed by atoms with Crippen LogP contribution in [0.5, 0.6) is 0 Å². The van der Waals surface area contributed by atoms with Crippen LogP contribution in [0.2, 0.25) is 0 Å². The van der Waals surface area contributed by atoms with Crippen LogP contribution in [0.15, 0.2) is 30.5 Å². The zero-order valence-corrected chi connectivity index (χ0v) is 14.7. The van der Waals surface area contributed by atoms with Gasteiger partial charge in [-0.05, 0) is 31.1 Å². The van der Waals surface area contributed by atoms with Gasteiger partial charge in [0, 0.05) is 18.0 Å². The molecule has 2 amide bonds. The van der Waals surface area contributed by atoms with E-state index < -0.39 is 0 Å². The van der Waals surface area contributed by atoms with Gasteiger partial charge in [0.2, 0.25) is 11.8 Å². The smallest absolute Gasteiger partial charge is 0.228 e. The number of nitrogens with one attached hydrogen (secondary N) is 1. The Hall–Kier alpha value is -2.47. The molecular weight excluding hydrogens is 322 g/mol. The van der Waals surface area contributed by atoms with E-state index in [1.54, 1.807) is 11.1 Å². The lowest BCUT2D eigenvalue weighted by Crippen LogP contribution is -2.33. The third-order valence-electron chi connectivity index (χ3n) is 4.12. The van der Waals surface area contributed by atoms with Crippen molar-refractivity contribution in [1.29, 1.82) is 0 Å². The van der Waals surface area contributed by atoms with Crippen LogP contribution in [0.1, 0.15) is 41.1 Å². The number of carbonyl (C=O) groups is 2. The molecule has 1 N–H and O–H groups in total. The van der Waals surface area contributed by atoms with E-state index in [0.717, 1.165) is 21.7 Å². The molecule has 0 spiro atoms. The van der Waals surface area contributed by atoms with Crippen molar-refractivity contribution in [3.05, 3.63) is 52.2 Å². The third-order valence-corrected chi connectivity index (χ3v) is 5.11. The van der Waals surface area contributed by atoms with E-state index in [0.29, 0.717) is 5.13 Å². The quantitative estimate of drug-likeness (QED) is 0.926. The van der Waals surface area contributed by atoms with E-state index in [1.165, 1.54) is 18.3 Å². The Balaban J connectivity index is 1.81. The maximum Gasteiger partial charge on any atom is 0.228 e. The number of nitrogens with zero attached hydrogens (tertiary/aromatic N) is 2. The highest BCUT2D eigenvalue weighted by atomic mass is 32.1. The fourth-order valence-electron chi connectivity index (χ4n) is 2.79. The average molecular weight is 341 g/mol. The van der Waals surface area contributed by atoms with Crippen LogP contribution in [-0.4, -0.2) is 21.7 Å². The lowest BCUT2D eigenvalue weighted by molar-refractivity contribution is -0.129. The molecule has 3 rings (SSSR count). The summed E-state index contributed by atoms with van der Waals surface area (Å²) in [6.45, 7) is 5.40. The lowest BCUT2D eigenvalue weighted by atomic mass is 9.93. The average Bonchev–Trinajstić information content (AvgIpc) is 2.85. The summed E-state index contributed by atoms with van der Waals surface area (Å²) in [6, 6.07) is 7.53. The number of thiazole rings is 1. The molecule has 24 heavy (non-hydrogen) atoms. The molecule has 0 bridgehead atoms. The van der Waals surface area contributed by atoms with Crippen molar-refractivity contribution in [2.45, 2.75) is 33.2 Å². The van der Waals surface area contributed by atoms with Gasteiger partial charge in [0.25, 0.3) is 0 Å². The van der Waals surface area contributed by atoms with Gasteiger partial charge in [-0.1, -0.05) is 24.3 Å². The van der Waals surface area contributed by atoms with Gasteiger partial charge in [0.05, 0.1) is 18.2 Å². The fraction of sp³-hybridized carbons (Fsp3) is 0.278. The van der Waals surface area contributed by atoms with E-state index in [4.69, 9.17) is 0 Å². The Morgan fingerprint density at radius 1 is 1.29 bits per heavy atom. The van der Waals surface area contributed by atoms with Crippen LogP contribution >= 0.6 is 11.3 Å². The predicted molar refractivity (Wildman–Crippen MR) is 95.6 cm³/mol. The zero-order chi connectivity index (χ0) is 17.3. The van der Waals surface area contributed by atoms with E-state index in [1.807, 2.05) is 44.2 Å². The second-order valence-electron chi connectivity index (χ2n) is 5.80. The van der Waals surface area contributed by atoms with E-state index >= 15 is 0 Å². The van der Waals surface area contributed by atoms with Gasteiger partial charge < -0.3 is 10.2 Å². The molecule has 0 unspecified atom stereocenters.